The molecule has 0 bridgehead atoms. The smallest absolute Gasteiger partial charge is 0.136 e. The van der Waals surface area contributed by atoms with E-state index >= 15 is 0 Å². The zero-order valence-corrected chi connectivity index (χ0v) is 28.4. The first-order valence-corrected chi connectivity index (χ1v) is 17.8. The minimum atomic E-state index is 0.900. The molecule has 10 rings (SSSR count). The van der Waals surface area contributed by atoms with Crippen LogP contribution in [0, 0.1) is 0 Å². The summed E-state index contributed by atoms with van der Waals surface area (Å²) in [5.41, 5.74) is 12.3. The van der Waals surface area contributed by atoms with E-state index in [4.69, 9.17) is 4.42 Å². The van der Waals surface area contributed by atoms with Gasteiger partial charge in [0, 0.05) is 27.5 Å². The average Bonchev–Trinajstić information content (AvgIpc) is 3.61. The fourth-order valence-corrected chi connectivity index (χ4v) is 7.74. The van der Waals surface area contributed by atoms with Crippen molar-refractivity contribution in [2.75, 3.05) is 4.90 Å². The van der Waals surface area contributed by atoms with Gasteiger partial charge in [0.15, 0.2) is 0 Å². The second kappa shape index (κ2) is 12.5. The number of rotatable bonds is 6. The van der Waals surface area contributed by atoms with E-state index in [1.54, 1.807) is 0 Å². The van der Waals surface area contributed by atoms with Gasteiger partial charge in [-0.15, -0.1) is 0 Å². The summed E-state index contributed by atoms with van der Waals surface area (Å²) in [6, 6.07) is 71.6. The predicted molar refractivity (Wildman–Crippen MR) is 220 cm³/mol. The molecule has 0 spiro atoms. The van der Waals surface area contributed by atoms with Gasteiger partial charge in [0.1, 0.15) is 11.2 Å². The molecule has 0 aliphatic heterocycles. The molecule has 52 heavy (non-hydrogen) atoms. The summed E-state index contributed by atoms with van der Waals surface area (Å²) >= 11 is 0. The Hall–Kier alpha value is -6.90. The van der Waals surface area contributed by atoms with E-state index < -0.39 is 0 Å². The van der Waals surface area contributed by atoms with Crippen molar-refractivity contribution >= 4 is 60.5 Å². The van der Waals surface area contributed by atoms with Crippen LogP contribution in [0.1, 0.15) is 0 Å². The molecular weight excluding hydrogens is 631 g/mol. The summed E-state index contributed by atoms with van der Waals surface area (Å²) in [4.78, 5) is 2.35. The molecule has 1 heterocycles. The van der Waals surface area contributed by atoms with Gasteiger partial charge in [-0.3, -0.25) is 0 Å². The molecule has 0 radical (unpaired) electrons. The Labute approximate surface area is 302 Å². The topological polar surface area (TPSA) is 16.4 Å². The molecule has 10 aromatic rings. The predicted octanol–water partition coefficient (Wildman–Crippen LogP) is 14.4. The molecule has 9 aromatic carbocycles. The number of furan rings is 1. The van der Waals surface area contributed by atoms with Crippen molar-refractivity contribution in [1.29, 1.82) is 0 Å². The number of fused-ring (bicyclic) bond motifs is 6. The number of anilines is 3. The summed E-state index contributed by atoms with van der Waals surface area (Å²) in [7, 11) is 0. The minimum absolute atomic E-state index is 0.900. The van der Waals surface area contributed by atoms with Gasteiger partial charge in [-0.1, -0.05) is 152 Å². The quantitative estimate of drug-likeness (QED) is 0.176. The molecule has 0 fully saturated rings. The largest absolute Gasteiger partial charge is 0.456 e. The summed E-state index contributed by atoms with van der Waals surface area (Å²) in [5.74, 6) is 0. The van der Waals surface area contributed by atoms with E-state index in [9.17, 15) is 0 Å². The number of nitrogens with zero attached hydrogens (tertiary/aromatic N) is 1. The van der Waals surface area contributed by atoms with Crippen LogP contribution in [0.4, 0.5) is 17.1 Å². The maximum absolute atomic E-state index is 6.51. The fourth-order valence-electron chi connectivity index (χ4n) is 7.74. The molecule has 0 unspecified atom stereocenters. The number of hydrogen-bond donors (Lipinski definition) is 0. The van der Waals surface area contributed by atoms with Crippen LogP contribution in [0.2, 0.25) is 0 Å². The van der Waals surface area contributed by atoms with E-state index in [1.165, 1.54) is 43.8 Å². The Balaban J connectivity index is 1.10. The highest BCUT2D eigenvalue weighted by Gasteiger charge is 2.18. The SMILES string of the molecule is c1ccc(-c2ccc(-c3cc4oc5ccccc5c4c4cc(-c5ccc(N(c6ccccc6)c6cccc7ccccc67)cc5)ccc34)cc2)cc1. The second-order valence-corrected chi connectivity index (χ2v) is 13.3. The first kappa shape index (κ1) is 30.0. The lowest BCUT2D eigenvalue weighted by atomic mass is 9.91. The Morgan fingerprint density at radius 2 is 0.904 bits per heavy atom. The molecule has 0 atom stereocenters. The lowest BCUT2D eigenvalue weighted by Gasteiger charge is -2.27. The minimum Gasteiger partial charge on any atom is -0.456 e. The van der Waals surface area contributed by atoms with E-state index in [0.29, 0.717) is 0 Å². The van der Waals surface area contributed by atoms with Crippen LogP contribution in [0.15, 0.2) is 205 Å². The van der Waals surface area contributed by atoms with Crippen molar-refractivity contribution in [2.24, 2.45) is 0 Å². The van der Waals surface area contributed by atoms with Crippen molar-refractivity contribution in [3.63, 3.8) is 0 Å². The molecule has 0 amide bonds. The second-order valence-electron chi connectivity index (χ2n) is 13.3. The zero-order valence-electron chi connectivity index (χ0n) is 28.4. The van der Waals surface area contributed by atoms with Gasteiger partial charge < -0.3 is 9.32 Å². The molecule has 244 valence electrons. The molecule has 1 aromatic heterocycles. The van der Waals surface area contributed by atoms with Crippen molar-refractivity contribution in [3.8, 4) is 33.4 Å². The number of hydrogen-bond acceptors (Lipinski definition) is 2. The number of benzene rings is 9. The van der Waals surface area contributed by atoms with Crippen LogP contribution in [-0.2, 0) is 0 Å². The van der Waals surface area contributed by atoms with Gasteiger partial charge in [-0.2, -0.15) is 0 Å². The first-order chi connectivity index (χ1) is 25.8. The molecular formula is C50H33NO. The molecule has 0 aliphatic carbocycles. The van der Waals surface area contributed by atoms with Gasteiger partial charge in [0.25, 0.3) is 0 Å². The molecule has 2 heteroatoms. The van der Waals surface area contributed by atoms with Crippen LogP contribution < -0.4 is 4.90 Å². The fraction of sp³-hybridized carbons (Fsp3) is 0. The maximum Gasteiger partial charge on any atom is 0.136 e. The molecule has 0 saturated heterocycles. The van der Waals surface area contributed by atoms with Crippen LogP contribution in [0.25, 0.3) is 76.9 Å². The molecule has 0 N–H and O–H groups in total. The van der Waals surface area contributed by atoms with Crippen LogP contribution in [-0.4, -0.2) is 0 Å². The van der Waals surface area contributed by atoms with Crippen molar-refractivity contribution in [3.05, 3.63) is 200 Å². The highest BCUT2D eigenvalue weighted by atomic mass is 16.3. The van der Waals surface area contributed by atoms with E-state index in [1.807, 2.05) is 6.07 Å². The number of para-hydroxylation sites is 2. The van der Waals surface area contributed by atoms with Gasteiger partial charge >= 0.3 is 0 Å². The Morgan fingerprint density at radius 1 is 0.327 bits per heavy atom. The van der Waals surface area contributed by atoms with Crippen LogP contribution in [0.3, 0.4) is 0 Å². The lowest BCUT2D eigenvalue weighted by molar-refractivity contribution is 0.669. The Kier molecular flexibility index (Phi) is 7.18. The summed E-state index contributed by atoms with van der Waals surface area (Å²) in [6.07, 6.45) is 0. The molecule has 0 aliphatic rings. The highest BCUT2D eigenvalue weighted by molar-refractivity contribution is 6.22. The normalized spacial score (nSPS) is 11.5. The van der Waals surface area contributed by atoms with Gasteiger partial charge in [0.05, 0.1) is 5.69 Å². The highest BCUT2D eigenvalue weighted by Crippen LogP contribution is 2.43. The average molecular weight is 664 g/mol. The molecule has 0 saturated carbocycles. The monoisotopic (exact) mass is 663 g/mol. The Morgan fingerprint density at radius 3 is 1.71 bits per heavy atom. The van der Waals surface area contributed by atoms with Crippen molar-refractivity contribution in [1.82, 2.24) is 0 Å². The van der Waals surface area contributed by atoms with Crippen molar-refractivity contribution in [2.45, 2.75) is 0 Å². The van der Waals surface area contributed by atoms with Crippen LogP contribution in [0.5, 0.6) is 0 Å². The summed E-state index contributed by atoms with van der Waals surface area (Å²) < 4.78 is 6.51. The van der Waals surface area contributed by atoms with E-state index in [2.05, 4.69) is 199 Å². The maximum atomic E-state index is 6.51. The van der Waals surface area contributed by atoms with Gasteiger partial charge in [-0.25, -0.2) is 0 Å². The summed E-state index contributed by atoms with van der Waals surface area (Å²) in [5, 5.41) is 7.12. The third kappa shape index (κ3) is 5.12. The third-order valence-electron chi connectivity index (χ3n) is 10.3. The van der Waals surface area contributed by atoms with E-state index in [-0.39, 0.29) is 0 Å². The van der Waals surface area contributed by atoms with E-state index in [0.717, 1.165) is 50.1 Å². The van der Waals surface area contributed by atoms with Gasteiger partial charge in [-0.05, 0) is 98.1 Å². The first-order valence-electron chi connectivity index (χ1n) is 17.8. The van der Waals surface area contributed by atoms with Crippen molar-refractivity contribution < 1.29 is 4.42 Å². The third-order valence-corrected chi connectivity index (χ3v) is 10.3. The summed E-state index contributed by atoms with van der Waals surface area (Å²) in [6.45, 7) is 0. The van der Waals surface area contributed by atoms with Crippen LogP contribution >= 0.6 is 0 Å². The standard InChI is InChI=1S/C50H33NO/c1-3-12-34(13-4-1)35-22-24-38(25-23-35)45-33-49-50(44-19-9-10-21-48(44)52-49)46-32-39(28-31-43(45)46)36-26-29-41(30-27-36)51(40-16-5-2-6-17-40)47-20-11-15-37-14-7-8-18-42(37)47/h1-33H. The molecule has 2 nitrogen and oxygen atoms in total. The van der Waals surface area contributed by atoms with Gasteiger partial charge in [0.2, 0.25) is 0 Å². The zero-order chi connectivity index (χ0) is 34.4. The Bertz CT molecular complexity index is 2870. The lowest BCUT2D eigenvalue weighted by Crippen LogP contribution is -2.10.